The summed E-state index contributed by atoms with van der Waals surface area (Å²) in [5.74, 6) is -0.0602. The third-order valence-electron chi connectivity index (χ3n) is 2.13. The number of amides is 1. The maximum absolute atomic E-state index is 11.7. The predicted octanol–water partition coefficient (Wildman–Crippen LogP) is 3.17. The van der Waals surface area contributed by atoms with Gasteiger partial charge in [-0.25, -0.2) is 0 Å². The van der Waals surface area contributed by atoms with Crippen molar-refractivity contribution < 1.29 is 4.79 Å². The van der Waals surface area contributed by atoms with E-state index in [9.17, 15) is 4.79 Å². The number of nitrogens with zero attached hydrogens (tertiary/aromatic N) is 1. The van der Waals surface area contributed by atoms with Crippen molar-refractivity contribution in [2.45, 2.75) is 0 Å². The third-order valence-corrected chi connectivity index (χ3v) is 3.85. The third kappa shape index (κ3) is 2.29. The van der Waals surface area contributed by atoms with Gasteiger partial charge < -0.3 is 0 Å². The highest BCUT2D eigenvalue weighted by Gasteiger charge is 2.28. The number of carbonyl (C=O) groups is 1. The van der Waals surface area contributed by atoms with Crippen molar-refractivity contribution in [2.75, 3.05) is 7.05 Å². The van der Waals surface area contributed by atoms with Crippen LogP contribution in [-0.4, -0.2) is 22.2 Å². The lowest BCUT2D eigenvalue weighted by Gasteiger charge is -2.03. The van der Waals surface area contributed by atoms with Crippen LogP contribution < -0.4 is 0 Å². The molecule has 1 amide bonds. The average molecular weight is 270 g/mol. The summed E-state index contributed by atoms with van der Waals surface area (Å²) in [6, 6.07) is 7.35. The molecule has 82 valence electrons. The molecule has 0 radical (unpaired) electrons. The first-order valence-corrected chi connectivity index (χ1v) is 6.15. The van der Waals surface area contributed by atoms with Crippen LogP contribution in [0.1, 0.15) is 5.56 Å². The van der Waals surface area contributed by atoms with Gasteiger partial charge in [-0.1, -0.05) is 47.7 Å². The summed E-state index contributed by atoms with van der Waals surface area (Å²) in [5, 5.41) is 0.653. The predicted molar refractivity (Wildman–Crippen MR) is 72.4 cm³/mol. The molecule has 0 atom stereocenters. The summed E-state index contributed by atoms with van der Waals surface area (Å²) in [4.78, 5) is 13.8. The number of halogens is 1. The molecular weight excluding hydrogens is 262 g/mol. The van der Waals surface area contributed by atoms with Gasteiger partial charge in [0.15, 0.2) is 0 Å². The van der Waals surface area contributed by atoms with E-state index in [1.54, 1.807) is 19.2 Å². The molecule has 2 nitrogen and oxygen atoms in total. The zero-order valence-corrected chi connectivity index (χ0v) is 10.8. The van der Waals surface area contributed by atoms with Gasteiger partial charge in [0.1, 0.15) is 4.32 Å². The summed E-state index contributed by atoms with van der Waals surface area (Å²) < 4.78 is 0.582. The minimum atomic E-state index is -0.0602. The fourth-order valence-corrected chi connectivity index (χ4v) is 2.67. The number of hydrogen-bond donors (Lipinski definition) is 0. The molecule has 1 aromatic rings. The van der Waals surface area contributed by atoms with Crippen molar-refractivity contribution in [2.24, 2.45) is 0 Å². The average Bonchev–Trinajstić information content (AvgIpc) is 2.47. The van der Waals surface area contributed by atoms with Gasteiger partial charge in [0.25, 0.3) is 5.91 Å². The highest BCUT2D eigenvalue weighted by atomic mass is 35.5. The summed E-state index contributed by atoms with van der Waals surface area (Å²) >= 11 is 12.2. The minimum Gasteiger partial charge on any atom is -0.296 e. The van der Waals surface area contributed by atoms with Crippen LogP contribution in [0.15, 0.2) is 29.2 Å². The Kier molecular flexibility index (Phi) is 3.33. The quantitative estimate of drug-likeness (QED) is 0.577. The molecule has 0 aromatic heterocycles. The first-order chi connectivity index (χ1) is 7.58. The first kappa shape index (κ1) is 11.6. The second-order valence-electron chi connectivity index (χ2n) is 3.30. The molecule has 0 aliphatic carbocycles. The summed E-state index contributed by atoms with van der Waals surface area (Å²) in [5.41, 5.74) is 0.904. The lowest BCUT2D eigenvalue weighted by atomic mass is 10.2. The Labute approximate surface area is 108 Å². The van der Waals surface area contributed by atoms with Gasteiger partial charge in [-0.2, -0.15) is 0 Å². The highest BCUT2D eigenvalue weighted by molar-refractivity contribution is 8.26. The lowest BCUT2D eigenvalue weighted by Crippen LogP contribution is -2.22. The maximum Gasteiger partial charge on any atom is 0.265 e. The van der Waals surface area contributed by atoms with Gasteiger partial charge in [-0.3, -0.25) is 9.69 Å². The van der Waals surface area contributed by atoms with Crippen LogP contribution in [0, 0.1) is 0 Å². The first-order valence-electron chi connectivity index (χ1n) is 4.55. The van der Waals surface area contributed by atoms with Crippen LogP contribution in [0.4, 0.5) is 0 Å². The maximum atomic E-state index is 11.7. The Bertz CT molecular complexity index is 499. The molecule has 1 saturated heterocycles. The fourth-order valence-electron chi connectivity index (χ4n) is 1.29. The molecule has 5 heteroatoms. The Morgan fingerprint density at radius 3 is 2.81 bits per heavy atom. The highest BCUT2D eigenvalue weighted by Crippen LogP contribution is 2.31. The van der Waals surface area contributed by atoms with Crippen molar-refractivity contribution in [3.8, 4) is 0 Å². The zero-order chi connectivity index (χ0) is 11.7. The zero-order valence-electron chi connectivity index (χ0n) is 8.44. The van der Waals surface area contributed by atoms with E-state index < -0.39 is 0 Å². The summed E-state index contributed by atoms with van der Waals surface area (Å²) in [7, 11) is 1.68. The van der Waals surface area contributed by atoms with Gasteiger partial charge in [-0.05, 0) is 23.8 Å². The van der Waals surface area contributed by atoms with Gasteiger partial charge in [0.05, 0.1) is 4.91 Å². The normalized spacial score (nSPS) is 18.6. The topological polar surface area (TPSA) is 20.3 Å². The molecule has 0 N–H and O–H groups in total. The molecule has 0 saturated carbocycles. The van der Waals surface area contributed by atoms with E-state index in [-0.39, 0.29) is 5.91 Å². The lowest BCUT2D eigenvalue weighted by molar-refractivity contribution is -0.121. The second-order valence-corrected chi connectivity index (χ2v) is 5.41. The number of rotatable bonds is 1. The van der Waals surface area contributed by atoms with E-state index in [1.165, 1.54) is 16.7 Å². The van der Waals surface area contributed by atoms with E-state index in [0.717, 1.165) is 5.56 Å². The Morgan fingerprint density at radius 1 is 1.50 bits per heavy atom. The molecule has 1 aliphatic heterocycles. The van der Waals surface area contributed by atoms with Crippen molar-refractivity contribution in [1.29, 1.82) is 0 Å². The molecule has 0 bridgehead atoms. The number of hydrogen-bond acceptors (Lipinski definition) is 3. The van der Waals surface area contributed by atoms with Gasteiger partial charge in [0.2, 0.25) is 0 Å². The fraction of sp³-hybridized carbons (Fsp3) is 0.0909. The molecule has 2 rings (SSSR count). The van der Waals surface area contributed by atoms with Gasteiger partial charge in [0, 0.05) is 12.1 Å². The largest absolute Gasteiger partial charge is 0.296 e. The van der Waals surface area contributed by atoms with Crippen LogP contribution >= 0.6 is 35.6 Å². The van der Waals surface area contributed by atoms with Crippen LogP contribution in [0.5, 0.6) is 0 Å². The van der Waals surface area contributed by atoms with E-state index in [2.05, 4.69) is 0 Å². The Balaban J connectivity index is 2.33. The van der Waals surface area contributed by atoms with Crippen LogP contribution in [0.25, 0.3) is 6.08 Å². The van der Waals surface area contributed by atoms with Crippen LogP contribution in [0.3, 0.4) is 0 Å². The van der Waals surface area contributed by atoms with Crippen molar-refractivity contribution in [3.05, 3.63) is 39.8 Å². The van der Waals surface area contributed by atoms with Crippen LogP contribution in [-0.2, 0) is 4.79 Å². The Morgan fingerprint density at radius 2 is 2.25 bits per heavy atom. The van der Waals surface area contributed by atoms with Gasteiger partial charge in [-0.15, -0.1) is 0 Å². The number of thioether (sulfide) groups is 1. The van der Waals surface area contributed by atoms with Crippen molar-refractivity contribution in [1.82, 2.24) is 4.90 Å². The molecule has 1 aliphatic rings. The monoisotopic (exact) mass is 269 g/mol. The molecule has 1 heterocycles. The molecule has 0 unspecified atom stereocenters. The van der Waals surface area contributed by atoms with E-state index in [0.29, 0.717) is 14.2 Å². The van der Waals surface area contributed by atoms with E-state index in [4.69, 9.17) is 23.8 Å². The molecule has 0 spiro atoms. The number of likely N-dealkylation sites (N-methyl/N-ethyl adjacent to an activating group) is 1. The standard InChI is InChI=1S/C11H8ClNOS2/c1-13-10(14)9(16-11(13)15)6-7-3-2-4-8(12)5-7/h2-6H,1H3/b9-6+. The SMILES string of the molecule is CN1C(=O)/C(=C\c2cccc(Cl)c2)SC1=S. The van der Waals surface area contributed by atoms with Crippen LogP contribution in [0.2, 0.25) is 5.02 Å². The molecule has 16 heavy (non-hydrogen) atoms. The molecular formula is C11H8ClNOS2. The molecule has 1 aromatic carbocycles. The summed E-state index contributed by atoms with van der Waals surface area (Å²) in [6.07, 6.45) is 1.80. The smallest absolute Gasteiger partial charge is 0.265 e. The number of carbonyl (C=O) groups excluding carboxylic acids is 1. The van der Waals surface area contributed by atoms with Crippen molar-refractivity contribution >= 4 is 51.9 Å². The number of thiocarbonyl (C=S) groups is 1. The van der Waals surface area contributed by atoms with E-state index in [1.807, 2.05) is 18.2 Å². The summed E-state index contributed by atoms with van der Waals surface area (Å²) in [6.45, 7) is 0. The Hall–Kier alpha value is -0.840. The van der Waals surface area contributed by atoms with Crippen molar-refractivity contribution in [3.63, 3.8) is 0 Å². The van der Waals surface area contributed by atoms with Gasteiger partial charge >= 0.3 is 0 Å². The minimum absolute atomic E-state index is 0.0602. The molecule has 1 fully saturated rings. The second kappa shape index (κ2) is 4.57. The van der Waals surface area contributed by atoms with E-state index >= 15 is 0 Å². The number of benzene rings is 1.